The van der Waals surface area contributed by atoms with Crippen molar-refractivity contribution in [3.8, 4) is 0 Å². The minimum atomic E-state index is -0.341. The molecule has 0 amide bonds. The summed E-state index contributed by atoms with van der Waals surface area (Å²) in [7, 11) is 0. The molecule has 0 aliphatic rings. The molecule has 0 aliphatic heterocycles. The van der Waals surface area contributed by atoms with Gasteiger partial charge in [0.25, 0.3) is 0 Å². The van der Waals surface area contributed by atoms with Gasteiger partial charge in [-0.25, -0.2) is 9.37 Å². The maximum absolute atomic E-state index is 13.1. The Labute approximate surface area is 109 Å². The Kier molecular flexibility index (Phi) is 3.01. The molecule has 3 aromatic rings. The van der Waals surface area contributed by atoms with Gasteiger partial charge in [-0.05, 0) is 24.1 Å². The summed E-state index contributed by atoms with van der Waals surface area (Å²) in [5.41, 5.74) is 8.25. The molecule has 0 bridgehead atoms. The molecule has 19 heavy (non-hydrogen) atoms. The van der Waals surface area contributed by atoms with E-state index in [1.54, 1.807) is 6.07 Å². The first-order valence-electron chi connectivity index (χ1n) is 6.08. The SMILES string of the molecule is NC(Cc1ccccc1)c1nc2ccc(F)cc2o1. The van der Waals surface area contributed by atoms with Gasteiger partial charge >= 0.3 is 0 Å². The van der Waals surface area contributed by atoms with Crippen molar-refractivity contribution in [2.75, 3.05) is 0 Å². The summed E-state index contributed by atoms with van der Waals surface area (Å²) in [6.45, 7) is 0. The monoisotopic (exact) mass is 256 g/mol. The number of nitrogens with zero attached hydrogens (tertiary/aromatic N) is 1. The lowest BCUT2D eigenvalue weighted by Gasteiger charge is -2.06. The van der Waals surface area contributed by atoms with Gasteiger partial charge in [0.05, 0.1) is 6.04 Å². The van der Waals surface area contributed by atoms with E-state index in [0.29, 0.717) is 23.4 Å². The van der Waals surface area contributed by atoms with Crippen LogP contribution >= 0.6 is 0 Å². The third-order valence-corrected chi connectivity index (χ3v) is 2.98. The van der Waals surface area contributed by atoms with Crippen molar-refractivity contribution >= 4 is 11.1 Å². The molecule has 96 valence electrons. The maximum atomic E-state index is 13.1. The van der Waals surface area contributed by atoms with Crippen LogP contribution in [0.2, 0.25) is 0 Å². The van der Waals surface area contributed by atoms with Gasteiger partial charge in [0, 0.05) is 6.07 Å². The smallest absolute Gasteiger partial charge is 0.212 e. The molecule has 0 saturated carbocycles. The molecule has 4 heteroatoms. The average Bonchev–Trinajstić information content (AvgIpc) is 2.83. The fourth-order valence-electron chi connectivity index (χ4n) is 2.03. The van der Waals surface area contributed by atoms with Crippen LogP contribution in [-0.2, 0) is 6.42 Å². The van der Waals surface area contributed by atoms with Crippen LogP contribution < -0.4 is 5.73 Å². The van der Waals surface area contributed by atoms with E-state index in [2.05, 4.69) is 4.98 Å². The molecule has 0 spiro atoms. The van der Waals surface area contributed by atoms with Crippen LogP contribution in [0.25, 0.3) is 11.1 Å². The molecule has 0 fully saturated rings. The second-order valence-electron chi connectivity index (χ2n) is 4.46. The van der Waals surface area contributed by atoms with Crippen molar-refractivity contribution in [3.63, 3.8) is 0 Å². The second kappa shape index (κ2) is 4.82. The molecular weight excluding hydrogens is 243 g/mol. The van der Waals surface area contributed by atoms with Crippen molar-refractivity contribution in [2.24, 2.45) is 5.73 Å². The summed E-state index contributed by atoms with van der Waals surface area (Å²) in [5.74, 6) is 0.0938. The summed E-state index contributed by atoms with van der Waals surface area (Å²) >= 11 is 0. The van der Waals surface area contributed by atoms with Crippen LogP contribution in [0.3, 0.4) is 0 Å². The van der Waals surface area contributed by atoms with Crippen molar-refractivity contribution < 1.29 is 8.81 Å². The van der Waals surface area contributed by atoms with Gasteiger partial charge in [-0.15, -0.1) is 0 Å². The number of hydrogen-bond donors (Lipinski definition) is 1. The zero-order chi connectivity index (χ0) is 13.2. The van der Waals surface area contributed by atoms with Crippen LogP contribution in [-0.4, -0.2) is 4.98 Å². The van der Waals surface area contributed by atoms with E-state index in [0.717, 1.165) is 5.56 Å². The van der Waals surface area contributed by atoms with Crippen LogP contribution in [0.15, 0.2) is 52.9 Å². The predicted octanol–water partition coefficient (Wildman–Crippen LogP) is 3.21. The summed E-state index contributed by atoms with van der Waals surface area (Å²) < 4.78 is 18.6. The van der Waals surface area contributed by atoms with E-state index in [-0.39, 0.29) is 11.9 Å². The minimum Gasteiger partial charge on any atom is -0.439 e. The molecule has 1 heterocycles. The number of benzene rings is 2. The van der Waals surface area contributed by atoms with E-state index >= 15 is 0 Å². The molecule has 2 N–H and O–H groups in total. The Morgan fingerprint density at radius 2 is 1.95 bits per heavy atom. The summed E-state index contributed by atoms with van der Waals surface area (Å²) in [5, 5.41) is 0. The Balaban J connectivity index is 1.87. The van der Waals surface area contributed by atoms with E-state index in [1.165, 1.54) is 12.1 Å². The van der Waals surface area contributed by atoms with Crippen LogP contribution in [0.5, 0.6) is 0 Å². The first kappa shape index (κ1) is 11.9. The standard InChI is InChI=1S/C15H13FN2O/c16-11-6-7-13-14(9-11)19-15(18-13)12(17)8-10-4-2-1-3-5-10/h1-7,9,12H,8,17H2. The summed E-state index contributed by atoms with van der Waals surface area (Å²) in [4.78, 5) is 4.29. The molecule has 0 aliphatic carbocycles. The molecule has 1 atom stereocenters. The molecule has 1 unspecified atom stereocenters. The van der Waals surface area contributed by atoms with Gasteiger partial charge in [0.15, 0.2) is 5.58 Å². The number of aromatic nitrogens is 1. The molecule has 3 rings (SSSR count). The van der Waals surface area contributed by atoms with Gasteiger partial charge in [0.1, 0.15) is 11.3 Å². The Morgan fingerprint density at radius 1 is 1.16 bits per heavy atom. The Hall–Kier alpha value is -2.20. The molecule has 2 aromatic carbocycles. The summed E-state index contributed by atoms with van der Waals surface area (Å²) in [6, 6.07) is 13.8. The van der Waals surface area contributed by atoms with E-state index in [1.807, 2.05) is 30.3 Å². The first-order valence-corrected chi connectivity index (χ1v) is 6.08. The number of nitrogens with two attached hydrogens (primary N) is 1. The van der Waals surface area contributed by atoms with Crippen molar-refractivity contribution in [3.05, 3.63) is 65.8 Å². The zero-order valence-electron chi connectivity index (χ0n) is 10.2. The lowest BCUT2D eigenvalue weighted by atomic mass is 10.1. The highest BCUT2D eigenvalue weighted by atomic mass is 19.1. The maximum Gasteiger partial charge on any atom is 0.212 e. The van der Waals surface area contributed by atoms with Crippen molar-refractivity contribution in [1.29, 1.82) is 0 Å². The minimum absolute atomic E-state index is 0.335. The van der Waals surface area contributed by atoms with Crippen molar-refractivity contribution in [1.82, 2.24) is 4.98 Å². The molecule has 3 nitrogen and oxygen atoms in total. The van der Waals surface area contributed by atoms with Crippen molar-refractivity contribution in [2.45, 2.75) is 12.5 Å². The molecular formula is C15H13FN2O. The van der Waals surface area contributed by atoms with Crippen LogP contribution in [0, 0.1) is 5.82 Å². The molecule has 1 aromatic heterocycles. The number of halogens is 1. The first-order chi connectivity index (χ1) is 9.22. The van der Waals surface area contributed by atoms with Gasteiger partial charge in [-0.3, -0.25) is 0 Å². The largest absolute Gasteiger partial charge is 0.439 e. The highest BCUT2D eigenvalue weighted by molar-refractivity contribution is 5.72. The van der Waals surface area contributed by atoms with Gasteiger partial charge in [-0.1, -0.05) is 30.3 Å². The number of rotatable bonds is 3. The molecule has 0 radical (unpaired) electrons. The predicted molar refractivity (Wildman–Crippen MR) is 71.0 cm³/mol. The fourth-order valence-corrected chi connectivity index (χ4v) is 2.03. The summed E-state index contributed by atoms with van der Waals surface area (Å²) in [6.07, 6.45) is 0.635. The topological polar surface area (TPSA) is 52.0 Å². The lowest BCUT2D eigenvalue weighted by molar-refractivity contribution is 0.473. The number of fused-ring (bicyclic) bond motifs is 1. The quantitative estimate of drug-likeness (QED) is 0.782. The van der Waals surface area contributed by atoms with Gasteiger partial charge in [0.2, 0.25) is 5.89 Å². The Bertz CT molecular complexity index is 694. The lowest BCUT2D eigenvalue weighted by Crippen LogP contribution is -2.13. The van der Waals surface area contributed by atoms with E-state index in [9.17, 15) is 4.39 Å². The van der Waals surface area contributed by atoms with Crippen LogP contribution in [0.4, 0.5) is 4.39 Å². The number of hydrogen-bond acceptors (Lipinski definition) is 3. The average molecular weight is 256 g/mol. The normalized spacial score (nSPS) is 12.7. The Morgan fingerprint density at radius 3 is 2.74 bits per heavy atom. The second-order valence-corrected chi connectivity index (χ2v) is 4.46. The fraction of sp³-hybridized carbons (Fsp3) is 0.133. The third kappa shape index (κ3) is 2.48. The van der Waals surface area contributed by atoms with E-state index < -0.39 is 0 Å². The third-order valence-electron chi connectivity index (χ3n) is 2.98. The molecule has 0 saturated heterocycles. The van der Waals surface area contributed by atoms with E-state index in [4.69, 9.17) is 10.2 Å². The van der Waals surface area contributed by atoms with Gasteiger partial charge in [-0.2, -0.15) is 0 Å². The number of oxazole rings is 1. The van der Waals surface area contributed by atoms with Gasteiger partial charge < -0.3 is 10.2 Å². The highest BCUT2D eigenvalue weighted by Gasteiger charge is 2.14. The zero-order valence-corrected chi connectivity index (χ0v) is 10.2. The highest BCUT2D eigenvalue weighted by Crippen LogP contribution is 2.22. The van der Waals surface area contributed by atoms with Crippen LogP contribution in [0.1, 0.15) is 17.5 Å².